The van der Waals surface area contributed by atoms with Gasteiger partial charge in [0.15, 0.2) is 0 Å². The van der Waals surface area contributed by atoms with E-state index < -0.39 is 6.61 Å². The molecule has 1 amide bonds. The number of hydrogen-bond acceptors (Lipinski definition) is 3. The number of nitrogens with one attached hydrogen (secondary N) is 2. The minimum absolute atomic E-state index is 0.0443. The third kappa shape index (κ3) is 5.85. The summed E-state index contributed by atoms with van der Waals surface area (Å²) in [4.78, 5) is 11.2. The molecule has 1 aromatic carbocycles. The SMILES string of the molecule is CCNC(=O)CNCc1cc(Cl)ccc1OC(F)F. The first-order valence-corrected chi connectivity index (χ1v) is 6.11. The molecule has 0 aliphatic carbocycles. The molecular formula is C12H15ClF2N2O2. The summed E-state index contributed by atoms with van der Waals surface area (Å²) in [7, 11) is 0. The normalized spacial score (nSPS) is 10.6. The topological polar surface area (TPSA) is 50.4 Å². The van der Waals surface area contributed by atoms with Crippen LogP contribution < -0.4 is 15.4 Å². The van der Waals surface area contributed by atoms with E-state index in [1.165, 1.54) is 18.2 Å². The lowest BCUT2D eigenvalue weighted by atomic mass is 10.2. The summed E-state index contributed by atoms with van der Waals surface area (Å²) in [6, 6.07) is 4.36. The van der Waals surface area contributed by atoms with Gasteiger partial charge in [0.05, 0.1) is 6.54 Å². The monoisotopic (exact) mass is 292 g/mol. The van der Waals surface area contributed by atoms with Crippen LogP contribution in [0.4, 0.5) is 8.78 Å². The molecule has 0 fully saturated rings. The highest BCUT2D eigenvalue weighted by molar-refractivity contribution is 6.30. The molecule has 0 heterocycles. The van der Waals surface area contributed by atoms with Gasteiger partial charge in [-0.3, -0.25) is 4.79 Å². The molecule has 4 nitrogen and oxygen atoms in total. The van der Waals surface area contributed by atoms with Crippen LogP contribution in [0, 0.1) is 0 Å². The lowest BCUT2D eigenvalue weighted by Gasteiger charge is -2.12. The fourth-order valence-electron chi connectivity index (χ4n) is 1.47. The Morgan fingerprint density at radius 3 is 2.84 bits per heavy atom. The Labute approximate surface area is 115 Å². The number of carbonyl (C=O) groups is 1. The zero-order chi connectivity index (χ0) is 14.3. The van der Waals surface area contributed by atoms with Gasteiger partial charge in [0.1, 0.15) is 5.75 Å². The molecule has 19 heavy (non-hydrogen) atoms. The number of alkyl halides is 2. The maximum atomic E-state index is 12.2. The fourth-order valence-corrected chi connectivity index (χ4v) is 1.66. The van der Waals surface area contributed by atoms with Gasteiger partial charge in [-0.1, -0.05) is 11.6 Å². The quantitative estimate of drug-likeness (QED) is 0.810. The molecule has 0 aromatic heterocycles. The highest BCUT2D eigenvalue weighted by atomic mass is 35.5. The van der Waals surface area contributed by atoms with Crippen molar-refractivity contribution in [1.29, 1.82) is 0 Å². The molecule has 0 bridgehead atoms. The van der Waals surface area contributed by atoms with Gasteiger partial charge in [-0.25, -0.2) is 0 Å². The molecule has 7 heteroatoms. The van der Waals surface area contributed by atoms with E-state index in [0.717, 1.165) is 0 Å². The van der Waals surface area contributed by atoms with Gasteiger partial charge in [0.2, 0.25) is 5.91 Å². The van der Waals surface area contributed by atoms with Crippen molar-refractivity contribution >= 4 is 17.5 Å². The van der Waals surface area contributed by atoms with E-state index in [1.807, 2.05) is 6.92 Å². The maximum Gasteiger partial charge on any atom is 0.387 e. The highest BCUT2D eigenvalue weighted by Gasteiger charge is 2.10. The molecule has 0 atom stereocenters. The number of halogens is 3. The van der Waals surface area contributed by atoms with Gasteiger partial charge in [-0.2, -0.15) is 8.78 Å². The van der Waals surface area contributed by atoms with E-state index in [9.17, 15) is 13.6 Å². The van der Waals surface area contributed by atoms with E-state index in [-0.39, 0.29) is 24.7 Å². The summed E-state index contributed by atoms with van der Waals surface area (Å²) in [6.45, 7) is -0.252. The van der Waals surface area contributed by atoms with Crippen molar-refractivity contribution in [1.82, 2.24) is 10.6 Å². The molecule has 106 valence electrons. The summed E-state index contributed by atoms with van der Waals surface area (Å²) in [6.07, 6.45) is 0. The summed E-state index contributed by atoms with van der Waals surface area (Å²) in [5, 5.41) is 5.86. The number of ether oxygens (including phenoxy) is 1. The maximum absolute atomic E-state index is 12.2. The third-order valence-corrected chi connectivity index (χ3v) is 2.45. The van der Waals surface area contributed by atoms with Crippen molar-refractivity contribution in [2.45, 2.75) is 20.1 Å². The zero-order valence-corrected chi connectivity index (χ0v) is 11.1. The van der Waals surface area contributed by atoms with E-state index in [2.05, 4.69) is 15.4 Å². The van der Waals surface area contributed by atoms with Gasteiger partial charge >= 0.3 is 6.61 Å². The van der Waals surface area contributed by atoms with Crippen molar-refractivity contribution in [3.63, 3.8) is 0 Å². The predicted octanol–water partition coefficient (Wildman–Crippen LogP) is 2.17. The number of benzene rings is 1. The van der Waals surface area contributed by atoms with Crippen LogP contribution in [0.15, 0.2) is 18.2 Å². The molecule has 1 rings (SSSR count). The largest absolute Gasteiger partial charge is 0.434 e. The second kappa shape index (κ2) is 7.91. The van der Waals surface area contributed by atoms with Crippen LogP contribution in [0.2, 0.25) is 5.02 Å². The lowest BCUT2D eigenvalue weighted by Crippen LogP contribution is -2.33. The number of rotatable bonds is 7. The van der Waals surface area contributed by atoms with E-state index in [0.29, 0.717) is 17.1 Å². The number of amides is 1. The van der Waals surface area contributed by atoms with Crippen LogP contribution in [0.1, 0.15) is 12.5 Å². The Kier molecular flexibility index (Phi) is 6.52. The second-order valence-corrected chi connectivity index (χ2v) is 4.12. The number of hydrogen-bond donors (Lipinski definition) is 2. The Hall–Kier alpha value is -1.40. The van der Waals surface area contributed by atoms with Crippen molar-refractivity contribution in [3.05, 3.63) is 28.8 Å². The molecule has 0 aliphatic heterocycles. The van der Waals surface area contributed by atoms with E-state index in [4.69, 9.17) is 11.6 Å². The summed E-state index contributed by atoms with van der Waals surface area (Å²) >= 11 is 5.79. The molecule has 0 aliphatic rings. The molecule has 2 N–H and O–H groups in total. The zero-order valence-electron chi connectivity index (χ0n) is 10.4. The summed E-state index contributed by atoms with van der Waals surface area (Å²) in [5.41, 5.74) is 0.470. The minimum atomic E-state index is -2.90. The molecule has 0 spiro atoms. The van der Waals surface area contributed by atoms with Gasteiger partial charge in [0, 0.05) is 23.7 Å². The fraction of sp³-hybridized carbons (Fsp3) is 0.417. The highest BCUT2D eigenvalue weighted by Crippen LogP contribution is 2.24. The summed E-state index contributed by atoms with van der Waals surface area (Å²) in [5.74, 6) is -0.122. The van der Waals surface area contributed by atoms with Crippen molar-refractivity contribution < 1.29 is 18.3 Å². The first-order valence-electron chi connectivity index (χ1n) is 5.73. The first-order chi connectivity index (χ1) is 9.02. The van der Waals surface area contributed by atoms with Crippen LogP contribution in [0.25, 0.3) is 0 Å². The minimum Gasteiger partial charge on any atom is -0.434 e. The number of carbonyl (C=O) groups excluding carboxylic acids is 1. The van der Waals surface area contributed by atoms with Gasteiger partial charge in [0.25, 0.3) is 0 Å². The smallest absolute Gasteiger partial charge is 0.387 e. The molecule has 0 unspecified atom stereocenters. The Morgan fingerprint density at radius 2 is 2.21 bits per heavy atom. The van der Waals surface area contributed by atoms with Gasteiger partial charge < -0.3 is 15.4 Å². The standard InChI is InChI=1S/C12H15ClF2N2O2/c1-2-17-11(18)7-16-6-8-5-9(13)3-4-10(8)19-12(14)15/h3-5,12,16H,2,6-7H2,1H3,(H,17,18). The summed E-state index contributed by atoms with van der Waals surface area (Å²) < 4.78 is 28.8. The predicted molar refractivity (Wildman–Crippen MR) is 68.5 cm³/mol. The Balaban J connectivity index is 2.60. The molecule has 0 radical (unpaired) electrons. The third-order valence-electron chi connectivity index (χ3n) is 2.21. The molecular weight excluding hydrogens is 278 g/mol. The van der Waals surface area contributed by atoms with Gasteiger partial charge in [-0.05, 0) is 25.1 Å². The Morgan fingerprint density at radius 1 is 1.47 bits per heavy atom. The average molecular weight is 293 g/mol. The van der Waals surface area contributed by atoms with Crippen molar-refractivity contribution in [2.24, 2.45) is 0 Å². The van der Waals surface area contributed by atoms with Crippen LogP contribution in [0.3, 0.4) is 0 Å². The van der Waals surface area contributed by atoms with Crippen LogP contribution in [-0.4, -0.2) is 25.6 Å². The number of likely N-dealkylation sites (N-methyl/N-ethyl adjacent to an activating group) is 1. The molecule has 0 saturated heterocycles. The van der Waals surface area contributed by atoms with Crippen LogP contribution >= 0.6 is 11.6 Å². The van der Waals surface area contributed by atoms with Crippen LogP contribution in [0.5, 0.6) is 5.75 Å². The van der Waals surface area contributed by atoms with Crippen LogP contribution in [-0.2, 0) is 11.3 Å². The molecule has 0 saturated carbocycles. The van der Waals surface area contributed by atoms with Crippen molar-refractivity contribution in [2.75, 3.05) is 13.1 Å². The average Bonchev–Trinajstić information content (AvgIpc) is 2.32. The Bertz CT molecular complexity index is 430. The molecule has 1 aromatic rings. The first kappa shape index (κ1) is 15.7. The van der Waals surface area contributed by atoms with Gasteiger partial charge in [-0.15, -0.1) is 0 Å². The lowest BCUT2D eigenvalue weighted by molar-refractivity contribution is -0.120. The van der Waals surface area contributed by atoms with Crippen molar-refractivity contribution in [3.8, 4) is 5.75 Å². The van der Waals surface area contributed by atoms with E-state index in [1.54, 1.807) is 0 Å². The van der Waals surface area contributed by atoms with E-state index >= 15 is 0 Å². The second-order valence-electron chi connectivity index (χ2n) is 3.69.